The lowest BCUT2D eigenvalue weighted by Crippen LogP contribution is -2.17. The molecule has 0 saturated carbocycles. The van der Waals surface area contributed by atoms with Crippen LogP contribution in [-0.2, 0) is 4.74 Å². The summed E-state index contributed by atoms with van der Waals surface area (Å²) in [4.78, 5) is 0. The summed E-state index contributed by atoms with van der Waals surface area (Å²) < 4.78 is 15.9. The second kappa shape index (κ2) is 6.47. The van der Waals surface area contributed by atoms with Gasteiger partial charge in [-0.2, -0.15) is 0 Å². The molecule has 81 valence electrons. The molecule has 0 spiro atoms. The van der Waals surface area contributed by atoms with Crippen LogP contribution < -0.4 is 9.16 Å². The lowest BCUT2D eigenvalue weighted by molar-refractivity contribution is -0.0669. The van der Waals surface area contributed by atoms with Crippen LogP contribution in [0.25, 0.3) is 0 Å². The average Bonchev–Trinajstić information content (AvgIpc) is 2.27. The Kier molecular flexibility index (Phi) is 5.21. The smallest absolute Gasteiger partial charge is 0.341 e. The van der Waals surface area contributed by atoms with E-state index in [1.54, 1.807) is 0 Å². The maximum atomic E-state index is 5.56. The molecule has 1 aromatic rings. The SMILES string of the molecule is CCCOC(C)Oc1ccccc1O[Si]. The first-order chi connectivity index (χ1) is 7.27. The zero-order valence-electron chi connectivity index (χ0n) is 9.03. The number of rotatable bonds is 6. The van der Waals surface area contributed by atoms with Gasteiger partial charge < -0.3 is 13.9 Å². The molecule has 0 aliphatic carbocycles. The highest BCUT2D eigenvalue weighted by Gasteiger charge is 2.07. The number of para-hydroxylation sites is 2. The third-order valence-electron chi connectivity index (χ3n) is 1.81. The van der Waals surface area contributed by atoms with Gasteiger partial charge >= 0.3 is 10.5 Å². The van der Waals surface area contributed by atoms with Gasteiger partial charge in [0.15, 0.2) is 12.0 Å². The fourth-order valence-corrected chi connectivity index (χ4v) is 1.30. The first-order valence-electron chi connectivity index (χ1n) is 4.98. The van der Waals surface area contributed by atoms with Gasteiger partial charge in [0.2, 0.25) is 0 Å². The largest absolute Gasteiger partial charge is 0.538 e. The fraction of sp³-hybridized carbons (Fsp3) is 0.455. The Balaban J connectivity index is 2.55. The van der Waals surface area contributed by atoms with Crippen LogP contribution in [0, 0.1) is 0 Å². The molecule has 4 heteroatoms. The second-order valence-electron chi connectivity index (χ2n) is 3.11. The van der Waals surface area contributed by atoms with Gasteiger partial charge in [0.05, 0.1) is 6.61 Å². The van der Waals surface area contributed by atoms with Crippen molar-refractivity contribution >= 4 is 10.5 Å². The number of benzene rings is 1. The molecule has 3 nitrogen and oxygen atoms in total. The molecule has 0 heterocycles. The highest BCUT2D eigenvalue weighted by molar-refractivity contribution is 6.00. The standard InChI is InChI=1S/C11H15O3Si/c1-3-8-12-9(2)13-10-6-4-5-7-11(10)14-15/h4-7,9H,3,8H2,1-2H3. The van der Waals surface area contributed by atoms with Crippen molar-refractivity contribution in [3.8, 4) is 11.5 Å². The van der Waals surface area contributed by atoms with Crippen LogP contribution in [-0.4, -0.2) is 23.4 Å². The minimum Gasteiger partial charge on any atom is -0.538 e. The first kappa shape index (κ1) is 12.1. The molecule has 1 aromatic carbocycles. The number of ether oxygens (including phenoxy) is 2. The van der Waals surface area contributed by atoms with E-state index in [9.17, 15) is 0 Å². The zero-order valence-corrected chi connectivity index (χ0v) is 10.0. The molecule has 15 heavy (non-hydrogen) atoms. The lowest BCUT2D eigenvalue weighted by atomic mass is 10.3. The van der Waals surface area contributed by atoms with E-state index >= 15 is 0 Å². The number of hydrogen-bond acceptors (Lipinski definition) is 3. The Morgan fingerprint density at radius 2 is 1.93 bits per heavy atom. The summed E-state index contributed by atoms with van der Waals surface area (Å²) in [6.45, 7) is 4.61. The van der Waals surface area contributed by atoms with Gasteiger partial charge in [-0.25, -0.2) is 0 Å². The van der Waals surface area contributed by atoms with Crippen molar-refractivity contribution in [2.24, 2.45) is 0 Å². The molecule has 0 saturated heterocycles. The van der Waals surface area contributed by atoms with Gasteiger partial charge in [0.1, 0.15) is 5.75 Å². The van der Waals surface area contributed by atoms with Crippen LogP contribution in [0.15, 0.2) is 24.3 Å². The molecule has 0 aliphatic rings. The van der Waals surface area contributed by atoms with E-state index in [4.69, 9.17) is 13.9 Å². The maximum Gasteiger partial charge on any atom is 0.341 e. The topological polar surface area (TPSA) is 27.7 Å². The van der Waals surface area contributed by atoms with Crippen LogP contribution >= 0.6 is 0 Å². The molecule has 0 aromatic heterocycles. The maximum absolute atomic E-state index is 5.56. The number of hydrogen-bond donors (Lipinski definition) is 0. The first-order valence-corrected chi connectivity index (χ1v) is 5.39. The minimum absolute atomic E-state index is 0.270. The summed E-state index contributed by atoms with van der Waals surface area (Å²) in [6.07, 6.45) is 0.706. The molecular formula is C11H15O3Si. The van der Waals surface area contributed by atoms with Gasteiger partial charge in [-0.3, -0.25) is 0 Å². The van der Waals surface area contributed by atoms with Gasteiger partial charge in [-0.1, -0.05) is 19.1 Å². The Labute approximate surface area is 93.9 Å². The quantitative estimate of drug-likeness (QED) is 0.547. The second-order valence-corrected chi connectivity index (χ2v) is 3.31. The summed E-state index contributed by atoms with van der Waals surface area (Å²) in [5.74, 6) is 1.30. The molecule has 1 atom stereocenters. The molecule has 0 bridgehead atoms. The molecule has 0 N–H and O–H groups in total. The monoisotopic (exact) mass is 223 g/mol. The van der Waals surface area contributed by atoms with E-state index < -0.39 is 0 Å². The lowest BCUT2D eigenvalue weighted by Gasteiger charge is -2.16. The van der Waals surface area contributed by atoms with Gasteiger partial charge in [-0.05, 0) is 25.5 Å². The van der Waals surface area contributed by atoms with Crippen molar-refractivity contribution in [3.63, 3.8) is 0 Å². The zero-order chi connectivity index (χ0) is 11.1. The van der Waals surface area contributed by atoms with E-state index in [-0.39, 0.29) is 6.29 Å². The van der Waals surface area contributed by atoms with E-state index in [0.29, 0.717) is 18.1 Å². The molecule has 0 aliphatic heterocycles. The predicted octanol–water partition coefficient (Wildman–Crippen LogP) is 2.30. The van der Waals surface area contributed by atoms with E-state index in [2.05, 4.69) is 17.4 Å². The van der Waals surface area contributed by atoms with Crippen molar-refractivity contribution in [1.82, 2.24) is 0 Å². The minimum atomic E-state index is -0.270. The van der Waals surface area contributed by atoms with Crippen LogP contribution in [0.1, 0.15) is 20.3 Å². The van der Waals surface area contributed by atoms with Crippen molar-refractivity contribution in [3.05, 3.63) is 24.3 Å². The highest BCUT2D eigenvalue weighted by atomic mass is 28.2. The van der Waals surface area contributed by atoms with Crippen molar-refractivity contribution in [1.29, 1.82) is 0 Å². The normalized spacial score (nSPS) is 12.2. The van der Waals surface area contributed by atoms with Gasteiger partial charge in [0.25, 0.3) is 0 Å². The van der Waals surface area contributed by atoms with Crippen LogP contribution in [0.2, 0.25) is 0 Å². The van der Waals surface area contributed by atoms with Gasteiger partial charge in [-0.15, -0.1) is 0 Å². The van der Waals surface area contributed by atoms with Crippen LogP contribution in [0.3, 0.4) is 0 Å². The molecule has 1 unspecified atom stereocenters. The Morgan fingerprint density at radius 3 is 2.53 bits per heavy atom. The van der Waals surface area contributed by atoms with Crippen molar-refractivity contribution < 1.29 is 13.9 Å². The molecule has 3 radical (unpaired) electrons. The molecule has 0 amide bonds. The van der Waals surface area contributed by atoms with E-state index in [1.165, 1.54) is 0 Å². The highest BCUT2D eigenvalue weighted by Crippen LogP contribution is 2.26. The van der Waals surface area contributed by atoms with Crippen LogP contribution in [0.5, 0.6) is 11.5 Å². The average molecular weight is 223 g/mol. The van der Waals surface area contributed by atoms with E-state index in [0.717, 1.165) is 6.42 Å². The molecule has 0 fully saturated rings. The summed E-state index contributed by atoms with van der Waals surface area (Å²) in [6, 6.07) is 7.41. The van der Waals surface area contributed by atoms with Gasteiger partial charge in [0, 0.05) is 0 Å². The van der Waals surface area contributed by atoms with E-state index in [1.807, 2.05) is 31.2 Å². The summed E-state index contributed by atoms with van der Waals surface area (Å²) in [5.41, 5.74) is 0. The Bertz CT molecular complexity index is 291. The molecular weight excluding hydrogens is 208 g/mol. The summed E-state index contributed by atoms with van der Waals surface area (Å²) >= 11 is 0. The summed E-state index contributed by atoms with van der Waals surface area (Å²) in [7, 11) is 2.98. The summed E-state index contributed by atoms with van der Waals surface area (Å²) in [5, 5.41) is 0. The van der Waals surface area contributed by atoms with Crippen LogP contribution in [0.4, 0.5) is 0 Å². The third-order valence-corrected chi connectivity index (χ3v) is 2.03. The third kappa shape index (κ3) is 3.93. The Morgan fingerprint density at radius 1 is 1.27 bits per heavy atom. The van der Waals surface area contributed by atoms with Crippen molar-refractivity contribution in [2.75, 3.05) is 6.61 Å². The molecule has 1 rings (SSSR count). The fourth-order valence-electron chi connectivity index (χ4n) is 1.13. The van der Waals surface area contributed by atoms with Crippen molar-refractivity contribution in [2.45, 2.75) is 26.6 Å². The Hall–Kier alpha value is -1.00. The predicted molar refractivity (Wildman–Crippen MR) is 59.2 cm³/mol.